The SMILES string of the molecule is CC1=Cc2ccccc2C1[Si](Cl)(c1ccccc1)C1C(C)=Cc2ccccc21. The molecule has 0 N–H and O–H groups in total. The van der Waals surface area contributed by atoms with E-state index in [1.807, 2.05) is 0 Å². The van der Waals surface area contributed by atoms with Gasteiger partial charge in [-0.1, -0.05) is 102 Å². The Hall–Kier alpha value is -2.35. The zero-order valence-corrected chi connectivity index (χ0v) is 17.9. The lowest BCUT2D eigenvalue weighted by molar-refractivity contribution is 1.00. The van der Waals surface area contributed by atoms with Crippen LogP contribution in [-0.4, -0.2) is 7.38 Å². The van der Waals surface area contributed by atoms with Crippen LogP contribution in [0.15, 0.2) is 90.0 Å². The quantitative estimate of drug-likeness (QED) is 0.346. The van der Waals surface area contributed by atoms with Crippen molar-refractivity contribution in [3.63, 3.8) is 0 Å². The first-order valence-corrected chi connectivity index (χ1v) is 13.1. The standard InChI is InChI=1S/C26H23ClSi/c1-18-16-20-10-6-8-14-23(20)25(18)28(27,22-12-4-3-5-13-22)26-19(2)17-21-11-7-9-15-24(21)26/h3-17,25-26H,1-2H3. The number of hydrogen-bond acceptors (Lipinski definition) is 0. The first-order chi connectivity index (χ1) is 13.6. The van der Waals surface area contributed by atoms with Crippen LogP contribution in [0.5, 0.6) is 0 Å². The second kappa shape index (κ2) is 6.61. The van der Waals surface area contributed by atoms with Gasteiger partial charge in [0.25, 0.3) is 0 Å². The van der Waals surface area contributed by atoms with E-state index in [0.717, 1.165) is 0 Å². The molecule has 0 heterocycles. The predicted octanol–water partition coefficient (Wildman–Crippen LogP) is 6.56. The highest BCUT2D eigenvalue weighted by molar-refractivity contribution is 7.29. The summed E-state index contributed by atoms with van der Waals surface area (Å²) in [6.45, 7) is 4.52. The Morgan fingerprint density at radius 2 is 1.04 bits per heavy atom. The molecule has 28 heavy (non-hydrogen) atoms. The van der Waals surface area contributed by atoms with Gasteiger partial charge in [0.1, 0.15) is 0 Å². The molecule has 2 heteroatoms. The van der Waals surface area contributed by atoms with Gasteiger partial charge in [-0.15, -0.1) is 0 Å². The smallest absolute Gasteiger partial charge is 0.159 e. The van der Waals surface area contributed by atoms with Crippen molar-refractivity contribution in [3.8, 4) is 0 Å². The number of halogens is 1. The number of hydrogen-bond donors (Lipinski definition) is 0. The summed E-state index contributed by atoms with van der Waals surface area (Å²) in [5.41, 5.74) is 8.76. The van der Waals surface area contributed by atoms with Crippen molar-refractivity contribution < 1.29 is 0 Å². The minimum absolute atomic E-state index is 0.271. The molecule has 0 amide bonds. The minimum atomic E-state index is -2.55. The molecule has 0 nitrogen and oxygen atoms in total. The van der Waals surface area contributed by atoms with Gasteiger partial charge in [0.15, 0.2) is 0 Å². The van der Waals surface area contributed by atoms with Crippen LogP contribution in [0.1, 0.15) is 47.2 Å². The van der Waals surface area contributed by atoms with Gasteiger partial charge in [-0.3, -0.25) is 0 Å². The van der Waals surface area contributed by atoms with E-state index in [0.29, 0.717) is 0 Å². The maximum Gasteiger partial charge on any atom is 0.209 e. The van der Waals surface area contributed by atoms with E-state index in [1.54, 1.807) is 0 Å². The van der Waals surface area contributed by atoms with Gasteiger partial charge in [-0.05, 0) is 41.3 Å². The summed E-state index contributed by atoms with van der Waals surface area (Å²) >= 11 is 7.98. The molecule has 3 aromatic rings. The Kier molecular flexibility index (Phi) is 4.19. The van der Waals surface area contributed by atoms with Crippen LogP contribution in [0.3, 0.4) is 0 Å². The molecular formula is C26H23ClSi. The van der Waals surface area contributed by atoms with E-state index < -0.39 is 7.38 Å². The largest absolute Gasteiger partial charge is 0.209 e. The molecule has 2 aliphatic carbocycles. The second-order valence-electron chi connectivity index (χ2n) is 8.03. The lowest BCUT2D eigenvalue weighted by Crippen LogP contribution is -2.53. The molecule has 0 saturated carbocycles. The van der Waals surface area contributed by atoms with Crippen LogP contribution in [0.2, 0.25) is 0 Å². The first kappa shape index (κ1) is 17.7. The van der Waals surface area contributed by atoms with Crippen molar-refractivity contribution in [2.24, 2.45) is 0 Å². The average molecular weight is 399 g/mol. The van der Waals surface area contributed by atoms with Gasteiger partial charge in [-0.25, -0.2) is 0 Å². The highest BCUT2D eigenvalue weighted by Crippen LogP contribution is 2.53. The Morgan fingerprint density at radius 3 is 1.54 bits per heavy atom. The van der Waals surface area contributed by atoms with Gasteiger partial charge in [0.2, 0.25) is 7.38 Å². The summed E-state index contributed by atoms with van der Waals surface area (Å²) in [5, 5.41) is 1.32. The highest BCUT2D eigenvalue weighted by atomic mass is 35.6. The van der Waals surface area contributed by atoms with Crippen LogP contribution < -0.4 is 5.19 Å². The van der Waals surface area contributed by atoms with E-state index in [9.17, 15) is 0 Å². The number of rotatable bonds is 3. The highest BCUT2D eigenvalue weighted by Gasteiger charge is 2.53. The van der Waals surface area contributed by atoms with Crippen LogP contribution in [0.25, 0.3) is 12.2 Å². The van der Waals surface area contributed by atoms with E-state index in [4.69, 9.17) is 11.1 Å². The molecule has 138 valence electrons. The Bertz CT molecular complexity index is 1040. The van der Waals surface area contributed by atoms with Gasteiger partial charge in [0.05, 0.1) is 0 Å². The molecule has 0 fully saturated rings. The summed E-state index contributed by atoms with van der Waals surface area (Å²) < 4.78 is 0. The minimum Gasteiger partial charge on any atom is -0.159 e. The van der Waals surface area contributed by atoms with Crippen molar-refractivity contribution in [1.29, 1.82) is 0 Å². The van der Waals surface area contributed by atoms with Crippen LogP contribution in [-0.2, 0) is 0 Å². The lowest BCUT2D eigenvalue weighted by atomic mass is 10.1. The van der Waals surface area contributed by atoms with E-state index >= 15 is 0 Å². The van der Waals surface area contributed by atoms with Gasteiger partial charge < -0.3 is 0 Å². The topological polar surface area (TPSA) is 0 Å². The van der Waals surface area contributed by atoms with Crippen molar-refractivity contribution in [2.75, 3.05) is 0 Å². The number of benzene rings is 3. The van der Waals surface area contributed by atoms with E-state index in [-0.39, 0.29) is 11.1 Å². The van der Waals surface area contributed by atoms with Crippen LogP contribution in [0, 0.1) is 0 Å². The molecule has 5 rings (SSSR count). The molecule has 0 saturated heterocycles. The molecule has 2 atom stereocenters. The van der Waals surface area contributed by atoms with Crippen molar-refractivity contribution in [1.82, 2.24) is 0 Å². The molecule has 0 aliphatic heterocycles. The predicted molar refractivity (Wildman–Crippen MR) is 123 cm³/mol. The molecule has 0 radical (unpaired) electrons. The van der Waals surface area contributed by atoms with Crippen LogP contribution >= 0.6 is 11.1 Å². The maximum atomic E-state index is 7.98. The first-order valence-electron chi connectivity index (χ1n) is 9.89. The normalized spacial score (nSPS) is 22.1. The zero-order chi connectivity index (χ0) is 19.3. The van der Waals surface area contributed by atoms with Gasteiger partial charge >= 0.3 is 0 Å². The molecular weight excluding hydrogens is 376 g/mol. The summed E-state index contributed by atoms with van der Waals surface area (Å²) in [6.07, 6.45) is 4.68. The number of allylic oxidation sites excluding steroid dienone is 2. The number of fused-ring (bicyclic) bond motifs is 2. The zero-order valence-electron chi connectivity index (χ0n) is 16.2. The Balaban J connectivity index is 1.78. The van der Waals surface area contributed by atoms with E-state index in [1.165, 1.54) is 38.6 Å². The second-order valence-corrected chi connectivity index (χ2v) is 13.2. The average Bonchev–Trinajstić information content (AvgIpc) is 3.24. The maximum absolute atomic E-state index is 7.98. The molecule has 2 aliphatic rings. The van der Waals surface area contributed by atoms with Gasteiger partial charge in [0, 0.05) is 11.1 Å². The van der Waals surface area contributed by atoms with Crippen molar-refractivity contribution in [3.05, 3.63) is 112 Å². The fourth-order valence-corrected chi connectivity index (χ4v) is 12.0. The third kappa shape index (κ3) is 2.50. The lowest BCUT2D eigenvalue weighted by Gasteiger charge is -2.39. The van der Waals surface area contributed by atoms with Crippen molar-refractivity contribution >= 4 is 35.8 Å². The summed E-state index contributed by atoms with van der Waals surface area (Å²) in [4.78, 5) is 0. The summed E-state index contributed by atoms with van der Waals surface area (Å²) in [6, 6.07) is 28.4. The fraction of sp³-hybridized carbons (Fsp3) is 0.154. The van der Waals surface area contributed by atoms with Crippen molar-refractivity contribution in [2.45, 2.75) is 24.9 Å². The third-order valence-electron chi connectivity index (χ3n) is 6.35. The fourth-order valence-electron chi connectivity index (χ4n) is 5.27. The summed E-state index contributed by atoms with van der Waals surface area (Å²) in [5.74, 6) is 0. The Morgan fingerprint density at radius 1 is 0.607 bits per heavy atom. The summed E-state index contributed by atoms with van der Waals surface area (Å²) in [7, 11) is -2.55. The Labute approximate surface area is 172 Å². The molecule has 0 aromatic heterocycles. The van der Waals surface area contributed by atoms with Gasteiger partial charge in [-0.2, -0.15) is 11.1 Å². The molecule has 2 unspecified atom stereocenters. The molecule has 0 spiro atoms. The molecule has 0 bridgehead atoms. The van der Waals surface area contributed by atoms with Crippen LogP contribution in [0.4, 0.5) is 0 Å². The molecule has 3 aromatic carbocycles. The van der Waals surface area contributed by atoms with E-state index in [2.05, 4.69) is 105 Å². The monoisotopic (exact) mass is 398 g/mol. The third-order valence-corrected chi connectivity index (χ3v) is 12.7.